The molecule has 0 aliphatic carbocycles. The van der Waals surface area contributed by atoms with Crippen LogP contribution in [-0.4, -0.2) is 15.8 Å². The van der Waals surface area contributed by atoms with Gasteiger partial charge in [-0.25, -0.2) is 0 Å². The number of non-ortho nitro benzene ring substituents is 1. The Morgan fingerprint density at radius 1 is 1.06 bits per heavy atom. The molecule has 1 heterocycles. The van der Waals surface area contributed by atoms with Crippen LogP contribution in [0.4, 0.5) is 24.5 Å². The van der Waals surface area contributed by atoms with E-state index in [1.54, 1.807) is 6.07 Å². The van der Waals surface area contributed by atoms with Gasteiger partial charge in [0.05, 0.1) is 15.5 Å². The molecule has 0 saturated carbocycles. The largest absolute Gasteiger partial charge is 0.487 e. The van der Waals surface area contributed by atoms with Gasteiger partial charge in [0.2, 0.25) is 0 Å². The Balaban J connectivity index is 1.41. The number of hydrogen-bond acceptors (Lipinski definition) is 4. The van der Waals surface area contributed by atoms with Crippen molar-refractivity contribution >= 4 is 39.8 Å². The van der Waals surface area contributed by atoms with E-state index >= 15 is 0 Å². The van der Waals surface area contributed by atoms with Crippen molar-refractivity contribution in [2.24, 2.45) is 0 Å². The standard InChI is InChI=1S/C23H15ClF3N3O4/c24-18-11-16(5-8-21(18)34-12-13-1-3-15(4-2-13)23(25,26)27)28-22(31)20-10-14-9-17(30(32)33)6-7-19(14)29-20/h1-11,29H,12H2,(H,28,31). The summed E-state index contributed by atoms with van der Waals surface area (Å²) in [7, 11) is 0. The van der Waals surface area contributed by atoms with Crippen molar-refractivity contribution < 1.29 is 27.6 Å². The first-order chi connectivity index (χ1) is 16.1. The van der Waals surface area contributed by atoms with Gasteiger partial charge in [0.15, 0.2) is 0 Å². The number of nitro benzene ring substituents is 1. The molecule has 0 spiro atoms. The maximum absolute atomic E-state index is 12.7. The molecular formula is C23H15ClF3N3O4. The molecule has 4 rings (SSSR count). The molecule has 1 aromatic heterocycles. The number of hydrogen-bond donors (Lipinski definition) is 2. The van der Waals surface area contributed by atoms with Gasteiger partial charge in [0.1, 0.15) is 18.1 Å². The molecule has 7 nitrogen and oxygen atoms in total. The number of ether oxygens (including phenoxy) is 1. The molecule has 0 atom stereocenters. The highest BCUT2D eigenvalue weighted by molar-refractivity contribution is 6.32. The third kappa shape index (κ3) is 5.12. The SMILES string of the molecule is O=C(Nc1ccc(OCc2ccc(C(F)(F)F)cc2)c(Cl)c1)c1cc2cc([N+](=O)[O-])ccc2[nH]1. The number of H-pyrrole nitrogens is 1. The van der Waals surface area contributed by atoms with Gasteiger partial charge in [-0.15, -0.1) is 0 Å². The molecule has 11 heteroatoms. The van der Waals surface area contributed by atoms with E-state index in [9.17, 15) is 28.1 Å². The highest BCUT2D eigenvalue weighted by Crippen LogP contribution is 2.31. The number of nitro groups is 1. The van der Waals surface area contributed by atoms with Crippen LogP contribution in [0.3, 0.4) is 0 Å². The molecule has 3 aromatic carbocycles. The number of nitrogens with one attached hydrogen (secondary N) is 2. The number of halogens is 4. The first kappa shape index (κ1) is 23.1. The van der Waals surface area contributed by atoms with Crippen molar-refractivity contribution in [3.8, 4) is 5.75 Å². The maximum atomic E-state index is 12.7. The highest BCUT2D eigenvalue weighted by atomic mass is 35.5. The van der Waals surface area contributed by atoms with Crippen molar-refractivity contribution in [3.05, 3.63) is 98.7 Å². The van der Waals surface area contributed by atoms with Crippen molar-refractivity contribution in [3.63, 3.8) is 0 Å². The summed E-state index contributed by atoms with van der Waals surface area (Å²) >= 11 is 6.22. The summed E-state index contributed by atoms with van der Waals surface area (Å²) in [4.78, 5) is 25.9. The normalized spacial score (nSPS) is 11.4. The van der Waals surface area contributed by atoms with Gasteiger partial charge in [-0.3, -0.25) is 14.9 Å². The van der Waals surface area contributed by atoms with Crippen LogP contribution in [0.15, 0.2) is 66.7 Å². The maximum Gasteiger partial charge on any atom is 0.416 e. The lowest BCUT2D eigenvalue weighted by Crippen LogP contribution is -2.12. The zero-order valence-corrected chi connectivity index (χ0v) is 17.9. The van der Waals surface area contributed by atoms with Gasteiger partial charge < -0.3 is 15.0 Å². The molecule has 0 saturated heterocycles. The number of aromatic amines is 1. The number of carbonyl (C=O) groups excluding carboxylic acids is 1. The summed E-state index contributed by atoms with van der Waals surface area (Å²) in [6, 6.07) is 14.9. The van der Waals surface area contributed by atoms with Crippen LogP contribution >= 0.6 is 11.6 Å². The van der Waals surface area contributed by atoms with E-state index in [0.29, 0.717) is 22.2 Å². The molecule has 4 aromatic rings. The van der Waals surface area contributed by atoms with Gasteiger partial charge in [0.25, 0.3) is 11.6 Å². The molecule has 1 amide bonds. The molecule has 0 bridgehead atoms. The molecule has 0 aliphatic heterocycles. The van der Waals surface area contributed by atoms with E-state index in [4.69, 9.17) is 16.3 Å². The van der Waals surface area contributed by atoms with Crippen LogP contribution in [0, 0.1) is 10.1 Å². The first-order valence-electron chi connectivity index (χ1n) is 9.77. The minimum Gasteiger partial charge on any atom is -0.487 e. The first-order valence-corrected chi connectivity index (χ1v) is 10.1. The smallest absolute Gasteiger partial charge is 0.416 e. The molecule has 0 unspecified atom stereocenters. The monoisotopic (exact) mass is 489 g/mol. The topological polar surface area (TPSA) is 97.3 Å². The highest BCUT2D eigenvalue weighted by Gasteiger charge is 2.29. The molecule has 2 N–H and O–H groups in total. The molecular weight excluding hydrogens is 475 g/mol. The molecule has 34 heavy (non-hydrogen) atoms. The van der Waals surface area contributed by atoms with E-state index in [2.05, 4.69) is 10.3 Å². The van der Waals surface area contributed by atoms with Crippen LogP contribution in [0.5, 0.6) is 5.75 Å². The number of nitrogens with zero attached hydrogens (tertiary/aromatic N) is 1. The van der Waals surface area contributed by atoms with Crippen molar-refractivity contribution in [2.75, 3.05) is 5.32 Å². The van der Waals surface area contributed by atoms with Crippen molar-refractivity contribution in [1.29, 1.82) is 0 Å². The number of fused-ring (bicyclic) bond motifs is 1. The van der Waals surface area contributed by atoms with E-state index in [1.165, 1.54) is 48.5 Å². The number of aromatic nitrogens is 1. The Morgan fingerprint density at radius 3 is 2.44 bits per heavy atom. The average molecular weight is 490 g/mol. The van der Waals surface area contributed by atoms with E-state index in [1.807, 2.05) is 0 Å². The summed E-state index contributed by atoms with van der Waals surface area (Å²) in [6.45, 7) is 0.00473. The van der Waals surface area contributed by atoms with E-state index < -0.39 is 22.6 Å². The zero-order chi connectivity index (χ0) is 24.5. The van der Waals surface area contributed by atoms with E-state index in [0.717, 1.165) is 12.1 Å². The Bertz CT molecular complexity index is 1380. The van der Waals surface area contributed by atoms with Crippen LogP contribution in [0.1, 0.15) is 21.6 Å². The second-order valence-electron chi connectivity index (χ2n) is 7.29. The van der Waals surface area contributed by atoms with Gasteiger partial charge in [0, 0.05) is 28.7 Å². The van der Waals surface area contributed by atoms with Crippen LogP contribution in [0.2, 0.25) is 5.02 Å². The Kier molecular flexibility index (Phi) is 6.16. The predicted octanol–water partition coefficient (Wildman–Crippen LogP) is 6.58. The second kappa shape index (κ2) is 9.06. The molecule has 0 fully saturated rings. The summed E-state index contributed by atoms with van der Waals surface area (Å²) in [6.07, 6.45) is -4.41. The van der Waals surface area contributed by atoms with Gasteiger partial charge >= 0.3 is 6.18 Å². The second-order valence-corrected chi connectivity index (χ2v) is 7.70. The van der Waals surface area contributed by atoms with Gasteiger partial charge in [-0.2, -0.15) is 13.2 Å². The number of benzene rings is 3. The number of anilines is 1. The van der Waals surface area contributed by atoms with E-state index in [-0.39, 0.29) is 28.8 Å². The Hall–Kier alpha value is -4.05. The lowest BCUT2D eigenvalue weighted by atomic mass is 10.1. The van der Waals surface area contributed by atoms with Crippen LogP contribution < -0.4 is 10.1 Å². The number of amides is 1. The summed E-state index contributed by atoms with van der Waals surface area (Å²) in [5.74, 6) is -0.189. The fourth-order valence-electron chi connectivity index (χ4n) is 3.20. The fraction of sp³-hybridized carbons (Fsp3) is 0.0870. The molecule has 174 valence electrons. The minimum absolute atomic E-state index is 0.00473. The number of alkyl halides is 3. The quantitative estimate of drug-likeness (QED) is 0.236. The number of carbonyl (C=O) groups is 1. The predicted molar refractivity (Wildman–Crippen MR) is 120 cm³/mol. The minimum atomic E-state index is -4.41. The Morgan fingerprint density at radius 2 is 1.79 bits per heavy atom. The van der Waals surface area contributed by atoms with Crippen molar-refractivity contribution in [1.82, 2.24) is 4.98 Å². The van der Waals surface area contributed by atoms with Crippen LogP contribution in [-0.2, 0) is 12.8 Å². The summed E-state index contributed by atoms with van der Waals surface area (Å²) < 4.78 is 43.5. The lowest BCUT2D eigenvalue weighted by molar-refractivity contribution is -0.384. The zero-order valence-electron chi connectivity index (χ0n) is 17.2. The third-order valence-electron chi connectivity index (χ3n) is 4.93. The van der Waals surface area contributed by atoms with Crippen LogP contribution in [0.25, 0.3) is 10.9 Å². The summed E-state index contributed by atoms with van der Waals surface area (Å²) in [5, 5.41) is 14.3. The average Bonchev–Trinajstić information content (AvgIpc) is 3.22. The van der Waals surface area contributed by atoms with Gasteiger partial charge in [-0.1, -0.05) is 23.7 Å². The Labute approximate surface area is 195 Å². The lowest BCUT2D eigenvalue weighted by Gasteiger charge is -2.11. The molecule has 0 radical (unpaired) electrons. The van der Waals surface area contributed by atoms with Crippen molar-refractivity contribution in [2.45, 2.75) is 12.8 Å². The third-order valence-corrected chi connectivity index (χ3v) is 5.22. The van der Waals surface area contributed by atoms with Gasteiger partial charge in [-0.05, 0) is 48.0 Å². The number of rotatable bonds is 6. The summed E-state index contributed by atoms with van der Waals surface area (Å²) in [5.41, 5.74) is 0.844. The molecule has 0 aliphatic rings. The fourth-order valence-corrected chi connectivity index (χ4v) is 3.44.